The molecule has 10 rings (SSSR count). The summed E-state index contributed by atoms with van der Waals surface area (Å²) in [5.41, 5.74) is 8.18. The number of halogens is 1. The highest BCUT2D eigenvalue weighted by Crippen LogP contribution is 2.22. The van der Waals surface area contributed by atoms with Crippen molar-refractivity contribution in [3.8, 4) is 22.8 Å². The number of pyridine rings is 2. The van der Waals surface area contributed by atoms with Crippen molar-refractivity contribution in [1.82, 2.24) is 63.5 Å². The first-order chi connectivity index (χ1) is 27.6. The van der Waals surface area contributed by atoms with E-state index in [0.717, 1.165) is 92.4 Å². The van der Waals surface area contributed by atoms with Gasteiger partial charge in [-0.1, -0.05) is 0 Å². The highest BCUT2D eigenvalue weighted by Gasteiger charge is 2.17. The fourth-order valence-electron chi connectivity index (χ4n) is 6.81. The minimum Gasteiger partial charge on any atom is -0.368 e. The van der Waals surface area contributed by atoms with Crippen LogP contribution in [0.3, 0.4) is 0 Å². The smallest absolute Gasteiger partial charge is 0.258 e. The summed E-state index contributed by atoms with van der Waals surface area (Å²) in [6.07, 6.45) is 8.38. The van der Waals surface area contributed by atoms with Crippen LogP contribution in [0.15, 0.2) is 89.1 Å². The van der Waals surface area contributed by atoms with E-state index in [1.165, 1.54) is 22.6 Å². The predicted octanol–water partition coefficient (Wildman–Crippen LogP) is 2.80. The van der Waals surface area contributed by atoms with Crippen molar-refractivity contribution in [3.63, 3.8) is 0 Å². The SMILES string of the molecule is C1CNCCN1.Cc1cn2nc(-c3cc(=O)n4cc(F)ccc4n3)cc2cn1.Cc1cn2nc(-c3cc(=O)n4cc(N5CCN(C)CC5)ccc4n3)cc2c(C)n1. The second-order valence-electron chi connectivity index (χ2n) is 14.2. The molecule has 17 heteroatoms. The molecule has 2 aliphatic heterocycles. The molecule has 57 heavy (non-hydrogen) atoms. The lowest BCUT2D eigenvalue weighted by molar-refractivity contribution is 0.313. The fourth-order valence-corrected chi connectivity index (χ4v) is 6.81. The molecule has 0 atom stereocenters. The number of nitrogens with zero attached hydrogens (tertiary/aromatic N) is 12. The van der Waals surface area contributed by atoms with E-state index in [1.54, 1.807) is 38.0 Å². The van der Waals surface area contributed by atoms with Gasteiger partial charge in [0.1, 0.15) is 28.5 Å². The Morgan fingerprint density at radius 2 is 1.23 bits per heavy atom. The molecule has 0 bridgehead atoms. The van der Waals surface area contributed by atoms with Gasteiger partial charge in [0.15, 0.2) is 0 Å². The van der Waals surface area contributed by atoms with Gasteiger partial charge in [0.05, 0.1) is 63.8 Å². The van der Waals surface area contributed by atoms with Crippen LogP contribution >= 0.6 is 0 Å². The van der Waals surface area contributed by atoms with E-state index in [4.69, 9.17) is 4.98 Å². The van der Waals surface area contributed by atoms with Crippen molar-refractivity contribution in [2.45, 2.75) is 20.8 Å². The molecule has 292 valence electrons. The van der Waals surface area contributed by atoms with Crippen molar-refractivity contribution >= 4 is 28.0 Å². The highest BCUT2D eigenvalue weighted by molar-refractivity contribution is 5.67. The Balaban J connectivity index is 0.000000143. The number of likely N-dealkylation sites (N-methyl/N-ethyl adjacent to an activating group) is 1. The number of hydrogen-bond donors (Lipinski definition) is 2. The number of hydrogen-bond acceptors (Lipinski definition) is 12. The van der Waals surface area contributed by atoms with Crippen LogP contribution in [0.2, 0.25) is 0 Å². The van der Waals surface area contributed by atoms with Crippen molar-refractivity contribution in [1.29, 1.82) is 0 Å². The largest absolute Gasteiger partial charge is 0.368 e. The Morgan fingerprint density at radius 3 is 1.89 bits per heavy atom. The van der Waals surface area contributed by atoms with Gasteiger partial charge in [0.25, 0.3) is 11.1 Å². The monoisotopic (exact) mass is 770 g/mol. The van der Waals surface area contributed by atoms with Crippen LogP contribution in [0.25, 0.3) is 45.1 Å². The Bertz CT molecular complexity index is 2840. The lowest BCUT2D eigenvalue weighted by Crippen LogP contribution is -2.44. The Kier molecular flexibility index (Phi) is 10.5. The normalized spacial score (nSPS) is 14.8. The first-order valence-corrected chi connectivity index (χ1v) is 18.8. The molecule has 2 saturated heterocycles. The topological polar surface area (TPSA) is 160 Å². The van der Waals surface area contributed by atoms with Gasteiger partial charge in [-0.3, -0.25) is 28.4 Å². The summed E-state index contributed by atoms with van der Waals surface area (Å²) < 4.78 is 19.5. The number of aromatic nitrogens is 10. The zero-order chi connectivity index (χ0) is 39.6. The Morgan fingerprint density at radius 1 is 0.632 bits per heavy atom. The molecule has 2 N–H and O–H groups in total. The van der Waals surface area contributed by atoms with Crippen LogP contribution in [0, 0.1) is 26.6 Å². The van der Waals surface area contributed by atoms with E-state index in [1.807, 2.05) is 51.4 Å². The zero-order valence-electron chi connectivity index (χ0n) is 32.2. The molecule has 0 saturated carbocycles. The van der Waals surface area contributed by atoms with Gasteiger partial charge < -0.3 is 20.4 Å². The molecular formula is C40H43FN14O2. The number of fused-ring (bicyclic) bond motifs is 4. The second kappa shape index (κ2) is 16.0. The number of aryl methyl sites for hydroxylation is 3. The Hall–Kier alpha value is -6.43. The maximum Gasteiger partial charge on any atom is 0.258 e. The third kappa shape index (κ3) is 8.25. The van der Waals surface area contributed by atoms with Gasteiger partial charge in [0, 0.05) is 76.9 Å². The van der Waals surface area contributed by atoms with Crippen LogP contribution in [0.1, 0.15) is 17.1 Å². The molecule has 0 amide bonds. The summed E-state index contributed by atoms with van der Waals surface area (Å²) in [6, 6.07) is 13.3. The highest BCUT2D eigenvalue weighted by atomic mass is 19.1. The summed E-state index contributed by atoms with van der Waals surface area (Å²) in [6.45, 7) is 14.3. The van der Waals surface area contributed by atoms with Crippen molar-refractivity contribution < 1.29 is 4.39 Å². The van der Waals surface area contributed by atoms with Gasteiger partial charge in [-0.25, -0.2) is 23.4 Å². The molecule has 0 aliphatic carbocycles. The van der Waals surface area contributed by atoms with Crippen molar-refractivity contribution in [2.75, 3.05) is 64.3 Å². The van der Waals surface area contributed by atoms with E-state index < -0.39 is 5.82 Å². The molecule has 0 aromatic carbocycles. The second-order valence-corrected chi connectivity index (χ2v) is 14.2. The Labute approximate surface area is 326 Å². The molecular weight excluding hydrogens is 728 g/mol. The summed E-state index contributed by atoms with van der Waals surface area (Å²) >= 11 is 0. The summed E-state index contributed by atoms with van der Waals surface area (Å²) in [7, 11) is 2.13. The maximum absolute atomic E-state index is 13.2. The number of piperazine rings is 2. The molecule has 2 fully saturated rings. The van der Waals surface area contributed by atoms with E-state index >= 15 is 0 Å². The third-order valence-corrected chi connectivity index (χ3v) is 9.85. The lowest BCUT2D eigenvalue weighted by Gasteiger charge is -2.34. The minimum absolute atomic E-state index is 0.107. The number of anilines is 1. The average Bonchev–Trinajstić information content (AvgIpc) is 3.84. The first kappa shape index (κ1) is 37.5. The van der Waals surface area contributed by atoms with Gasteiger partial charge in [0.2, 0.25) is 0 Å². The predicted molar refractivity (Wildman–Crippen MR) is 217 cm³/mol. The quantitative estimate of drug-likeness (QED) is 0.271. The summed E-state index contributed by atoms with van der Waals surface area (Å²) in [5.74, 6) is -0.488. The van der Waals surface area contributed by atoms with Gasteiger partial charge in [-0.05, 0) is 64.2 Å². The van der Waals surface area contributed by atoms with Gasteiger partial charge in [-0.15, -0.1) is 0 Å². The van der Waals surface area contributed by atoms with Crippen LogP contribution < -0.4 is 26.7 Å². The molecule has 0 radical (unpaired) electrons. The molecule has 10 heterocycles. The molecule has 0 unspecified atom stereocenters. The van der Waals surface area contributed by atoms with Gasteiger partial charge >= 0.3 is 0 Å². The lowest BCUT2D eigenvalue weighted by atomic mass is 10.2. The van der Waals surface area contributed by atoms with Crippen molar-refractivity contribution in [2.24, 2.45) is 0 Å². The third-order valence-electron chi connectivity index (χ3n) is 9.85. The number of rotatable bonds is 3. The van der Waals surface area contributed by atoms with Crippen molar-refractivity contribution in [3.05, 3.63) is 123 Å². The molecule has 8 aromatic heterocycles. The van der Waals surface area contributed by atoms with E-state index in [0.29, 0.717) is 34.1 Å². The van der Waals surface area contributed by atoms with Crippen LogP contribution in [-0.4, -0.2) is 112 Å². The molecule has 2 aliphatic rings. The van der Waals surface area contributed by atoms with Gasteiger partial charge in [-0.2, -0.15) is 10.2 Å². The average molecular weight is 771 g/mol. The van der Waals surface area contributed by atoms with Crippen LogP contribution in [0.4, 0.5) is 10.1 Å². The zero-order valence-corrected chi connectivity index (χ0v) is 32.2. The van der Waals surface area contributed by atoms with Crippen LogP contribution in [0.5, 0.6) is 0 Å². The molecule has 0 spiro atoms. The van der Waals surface area contributed by atoms with E-state index in [-0.39, 0.29) is 11.1 Å². The van der Waals surface area contributed by atoms with E-state index in [9.17, 15) is 14.0 Å². The summed E-state index contributed by atoms with van der Waals surface area (Å²) in [4.78, 5) is 47.3. The number of nitrogens with one attached hydrogen (secondary N) is 2. The fraction of sp³-hybridized carbons (Fsp3) is 0.300. The molecule has 16 nitrogen and oxygen atoms in total. The van der Waals surface area contributed by atoms with Crippen LogP contribution in [-0.2, 0) is 0 Å². The molecule has 8 aromatic rings. The van der Waals surface area contributed by atoms with E-state index in [2.05, 4.69) is 52.6 Å². The first-order valence-electron chi connectivity index (χ1n) is 18.8. The maximum atomic E-state index is 13.2. The standard InChI is InChI=1S/C21H23N7O.C15H10FN5O.C4H10N2/c1-14-12-28-19(15(2)22-14)10-18(24-28)17-11-21(29)27-13-16(4-5-20(27)23-17)26-8-6-25(3)7-9-26;1-9-7-21-11(6-17-9)4-13(19-21)12-5-15(22)20-8-10(16)2-3-14(20)18-12;1-2-6-4-3-5-1/h4-5,10-13H,6-9H2,1-3H3;2-8H,1H3;5-6H,1-4H2. The summed E-state index contributed by atoms with van der Waals surface area (Å²) in [5, 5.41) is 15.4. The minimum atomic E-state index is -0.488.